The molecular weight excluding hydrogens is 234 g/mol. The Hall–Kier alpha value is -0.860. The molecule has 0 aromatic heterocycles. The fourth-order valence-corrected chi connectivity index (χ4v) is 2.01. The molecule has 1 rings (SSSR count). The molecule has 1 aromatic carbocycles. The van der Waals surface area contributed by atoms with Crippen LogP contribution in [0.5, 0.6) is 0 Å². The topological polar surface area (TPSA) is 43.1 Å². The van der Waals surface area contributed by atoms with Crippen LogP contribution in [0.25, 0.3) is 0 Å². The minimum Gasteiger partial charge on any atom is -0.330 e. The average molecular weight is 254 g/mol. The van der Waals surface area contributed by atoms with Gasteiger partial charge in [-0.05, 0) is 43.0 Å². The van der Waals surface area contributed by atoms with Crippen LogP contribution in [-0.4, -0.2) is 12.3 Å². The molecule has 0 spiro atoms. The van der Waals surface area contributed by atoms with Gasteiger partial charge in [0.2, 0.25) is 0 Å². The van der Waals surface area contributed by atoms with Crippen LogP contribution in [-0.2, 0) is 11.2 Å². The fourth-order valence-electron chi connectivity index (χ4n) is 1.80. The first-order valence-corrected chi connectivity index (χ1v) is 6.46. The van der Waals surface area contributed by atoms with Crippen molar-refractivity contribution in [3.05, 3.63) is 34.9 Å². The molecule has 0 saturated carbocycles. The van der Waals surface area contributed by atoms with E-state index in [9.17, 15) is 4.79 Å². The highest BCUT2D eigenvalue weighted by atomic mass is 35.5. The van der Waals surface area contributed by atoms with E-state index in [2.05, 4.69) is 6.92 Å². The van der Waals surface area contributed by atoms with Crippen molar-refractivity contribution in [1.82, 2.24) is 0 Å². The molecule has 1 unspecified atom stereocenters. The maximum absolute atomic E-state index is 11.8. The molecule has 0 aliphatic heterocycles. The van der Waals surface area contributed by atoms with Crippen LogP contribution in [0, 0.1) is 5.92 Å². The Morgan fingerprint density at radius 1 is 1.41 bits per heavy atom. The van der Waals surface area contributed by atoms with E-state index < -0.39 is 0 Å². The maximum atomic E-state index is 11.8. The third-order valence-corrected chi connectivity index (χ3v) is 3.10. The Labute approximate surface area is 108 Å². The molecule has 0 amide bonds. The lowest BCUT2D eigenvalue weighted by atomic mass is 9.98. The lowest BCUT2D eigenvalue weighted by molar-refractivity contribution is -0.118. The predicted molar refractivity (Wildman–Crippen MR) is 72.2 cm³/mol. The monoisotopic (exact) mass is 253 g/mol. The molecule has 0 saturated heterocycles. The molecule has 1 aromatic rings. The van der Waals surface area contributed by atoms with Gasteiger partial charge in [0.1, 0.15) is 5.78 Å². The second kappa shape index (κ2) is 7.46. The quantitative estimate of drug-likeness (QED) is 0.811. The van der Waals surface area contributed by atoms with Gasteiger partial charge in [0.05, 0.1) is 0 Å². The number of halogens is 1. The summed E-state index contributed by atoms with van der Waals surface area (Å²) in [5, 5.41) is 0.687. The summed E-state index contributed by atoms with van der Waals surface area (Å²) in [6, 6.07) is 7.48. The first-order valence-electron chi connectivity index (χ1n) is 6.08. The zero-order valence-electron chi connectivity index (χ0n) is 10.3. The van der Waals surface area contributed by atoms with Gasteiger partial charge in [-0.1, -0.05) is 30.7 Å². The average Bonchev–Trinajstić information content (AvgIpc) is 2.27. The number of carbonyl (C=O) groups excluding carboxylic acids is 1. The van der Waals surface area contributed by atoms with Crippen LogP contribution in [0.4, 0.5) is 0 Å². The minimum absolute atomic E-state index is 0.274. The molecule has 0 heterocycles. The zero-order valence-corrected chi connectivity index (χ0v) is 11.0. The molecule has 17 heavy (non-hydrogen) atoms. The van der Waals surface area contributed by atoms with E-state index in [0.717, 1.165) is 18.4 Å². The SMILES string of the molecule is CC(CCN)CCC(=O)Cc1cccc(Cl)c1. The highest BCUT2D eigenvalue weighted by molar-refractivity contribution is 6.30. The molecule has 0 fully saturated rings. The van der Waals surface area contributed by atoms with E-state index >= 15 is 0 Å². The Bertz CT molecular complexity index is 365. The van der Waals surface area contributed by atoms with Crippen molar-refractivity contribution in [3.63, 3.8) is 0 Å². The first kappa shape index (κ1) is 14.2. The number of Topliss-reactive ketones (excluding diaryl/α,β-unsaturated/α-hetero) is 1. The fraction of sp³-hybridized carbons (Fsp3) is 0.500. The highest BCUT2D eigenvalue weighted by Crippen LogP contribution is 2.14. The smallest absolute Gasteiger partial charge is 0.137 e. The Balaban J connectivity index is 2.34. The maximum Gasteiger partial charge on any atom is 0.137 e. The van der Waals surface area contributed by atoms with Crippen molar-refractivity contribution in [2.45, 2.75) is 32.6 Å². The van der Waals surface area contributed by atoms with Crippen LogP contribution >= 0.6 is 11.6 Å². The molecule has 0 aliphatic rings. The van der Waals surface area contributed by atoms with Gasteiger partial charge in [0, 0.05) is 17.9 Å². The summed E-state index contributed by atoms with van der Waals surface area (Å²) in [6.07, 6.45) is 3.03. The van der Waals surface area contributed by atoms with Crippen LogP contribution < -0.4 is 5.73 Å². The number of rotatable bonds is 7. The van der Waals surface area contributed by atoms with Crippen molar-refractivity contribution in [1.29, 1.82) is 0 Å². The number of nitrogens with two attached hydrogens (primary N) is 1. The third-order valence-electron chi connectivity index (χ3n) is 2.87. The van der Waals surface area contributed by atoms with E-state index in [1.54, 1.807) is 0 Å². The zero-order chi connectivity index (χ0) is 12.7. The van der Waals surface area contributed by atoms with Gasteiger partial charge >= 0.3 is 0 Å². The summed E-state index contributed by atoms with van der Waals surface area (Å²) in [6.45, 7) is 2.84. The predicted octanol–water partition coefficient (Wildman–Crippen LogP) is 3.22. The normalized spacial score (nSPS) is 12.4. The van der Waals surface area contributed by atoms with E-state index in [-0.39, 0.29) is 5.78 Å². The van der Waals surface area contributed by atoms with Gasteiger partial charge in [-0.15, -0.1) is 0 Å². The Kier molecular flexibility index (Phi) is 6.23. The van der Waals surface area contributed by atoms with Gasteiger partial charge in [0.25, 0.3) is 0 Å². The number of hydrogen-bond donors (Lipinski definition) is 1. The van der Waals surface area contributed by atoms with Crippen molar-refractivity contribution in [2.75, 3.05) is 6.54 Å². The molecule has 94 valence electrons. The molecule has 1 atom stereocenters. The third kappa shape index (κ3) is 5.85. The largest absolute Gasteiger partial charge is 0.330 e. The summed E-state index contributed by atoms with van der Waals surface area (Å²) >= 11 is 5.87. The molecule has 3 heteroatoms. The molecule has 2 N–H and O–H groups in total. The van der Waals surface area contributed by atoms with Crippen LogP contribution in [0.3, 0.4) is 0 Å². The van der Waals surface area contributed by atoms with E-state index in [1.807, 2.05) is 24.3 Å². The van der Waals surface area contributed by atoms with Crippen molar-refractivity contribution in [2.24, 2.45) is 11.7 Å². The van der Waals surface area contributed by atoms with Gasteiger partial charge in [0.15, 0.2) is 0 Å². The van der Waals surface area contributed by atoms with E-state index in [4.69, 9.17) is 17.3 Å². The first-order chi connectivity index (χ1) is 8.11. The Morgan fingerprint density at radius 3 is 2.82 bits per heavy atom. The number of benzene rings is 1. The van der Waals surface area contributed by atoms with Crippen LogP contribution in [0.2, 0.25) is 5.02 Å². The summed E-state index contributed by atoms with van der Waals surface area (Å²) in [4.78, 5) is 11.8. The van der Waals surface area contributed by atoms with Crippen molar-refractivity contribution >= 4 is 17.4 Å². The van der Waals surface area contributed by atoms with Gasteiger partial charge < -0.3 is 5.73 Å². The Morgan fingerprint density at radius 2 is 2.18 bits per heavy atom. The lowest BCUT2D eigenvalue weighted by Gasteiger charge is -2.08. The summed E-state index contributed by atoms with van der Waals surface area (Å²) in [7, 11) is 0. The van der Waals surface area contributed by atoms with Crippen molar-refractivity contribution < 1.29 is 4.79 Å². The number of hydrogen-bond acceptors (Lipinski definition) is 2. The minimum atomic E-state index is 0.274. The summed E-state index contributed by atoms with van der Waals surface area (Å²) in [5.74, 6) is 0.805. The van der Waals surface area contributed by atoms with E-state index in [0.29, 0.717) is 30.3 Å². The standard InChI is InChI=1S/C14H20ClNO/c1-11(7-8-16)5-6-14(17)10-12-3-2-4-13(15)9-12/h2-4,9,11H,5-8,10,16H2,1H3. The molecule has 0 bridgehead atoms. The van der Waals surface area contributed by atoms with Crippen molar-refractivity contribution in [3.8, 4) is 0 Å². The van der Waals surface area contributed by atoms with Gasteiger partial charge in [-0.3, -0.25) is 4.79 Å². The summed E-state index contributed by atoms with van der Waals surface area (Å²) in [5.41, 5.74) is 6.47. The number of carbonyl (C=O) groups is 1. The molecule has 0 radical (unpaired) electrons. The van der Waals surface area contributed by atoms with Crippen LogP contribution in [0.1, 0.15) is 31.7 Å². The van der Waals surface area contributed by atoms with Crippen LogP contribution in [0.15, 0.2) is 24.3 Å². The lowest BCUT2D eigenvalue weighted by Crippen LogP contribution is -2.09. The number of ketones is 1. The molecule has 0 aliphatic carbocycles. The van der Waals surface area contributed by atoms with E-state index in [1.165, 1.54) is 0 Å². The highest BCUT2D eigenvalue weighted by Gasteiger charge is 2.07. The van der Waals surface area contributed by atoms with Gasteiger partial charge in [-0.2, -0.15) is 0 Å². The summed E-state index contributed by atoms with van der Waals surface area (Å²) < 4.78 is 0. The molecular formula is C14H20ClNO. The second-order valence-corrected chi connectivity index (χ2v) is 5.00. The molecule has 2 nitrogen and oxygen atoms in total. The second-order valence-electron chi connectivity index (χ2n) is 4.57. The van der Waals surface area contributed by atoms with Gasteiger partial charge in [-0.25, -0.2) is 0 Å².